The van der Waals surface area contributed by atoms with Crippen molar-refractivity contribution in [1.29, 1.82) is 0 Å². The van der Waals surface area contributed by atoms with Gasteiger partial charge in [-0.05, 0) is 75.4 Å². The van der Waals surface area contributed by atoms with Crippen molar-refractivity contribution in [3.8, 4) is 0 Å². The van der Waals surface area contributed by atoms with Crippen LogP contribution in [0.15, 0.2) is 65.0 Å². The summed E-state index contributed by atoms with van der Waals surface area (Å²) in [6.45, 7) is 9.25. The number of carbonyl (C=O) groups excluding carboxylic acids is 6. The third kappa shape index (κ3) is 28.0. The molecular formula is C55H72F17N5O17S2. The quantitative estimate of drug-likeness (QED) is 0.0202. The van der Waals surface area contributed by atoms with Crippen LogP contribution < -0.4 is 27.7 Å². The van der Waals surface area contributed by atoms with Crippen molar-refractivity contribution in [2.45, 2.75) is 176 Å². The van der Waals surface area contributed by atoms with Crippen LogP contribution in [0.1, 0.15) is 97.3 Å². The van der Waals surface area contributed by atoms with Crippen LogP contribution in [-0.2, 0) is 76.7 Å². The Hall–Kier alpha value is -6.78. The Balaban J connectivity index is 3.11. The molecular weight excluding hydrogens is 1390 g/mol. The van der Waals surface area contributed by atoms with E-state index in [4.69, 9.17) is 28.4 Å². The zero-order chi connectivity index (χ0) is 73.6. The summed E-state index contributed by atoms with van der Waals surface area (Å²) < 4.78 is 269. The maximum atomic E-state index is 15.3. The molecule has 0 aliphatic carbocycles. The second-order valence-corrected chi connectivity index (χ2v) is 23.5. The van der Waals surface area contributed by atoms with E-state index < -0.39 is 163 Å². The molecule has 2 amide bonds. The number of nitrogens with zero attached hydrogens (tertiary/aromatic N) is 3. The minimum absolute atomic E-state index is 0.00303. The van der Waals surface area contributed by atoms with Crippen molar-refractivity contribution in [3.05, 3.63) is 82.1 Å². The summed E-state index contributed by atoms with van der Waals surface area (Å²) in [5, 5.41) is 4.90. The van der Waals surface area contributed by atoms with Crippen LogP contribution in [0.2, 0.25) is 0 Å². The average molecular weight is 1460 g/mol. The second kappa shape index (κ2) is 39.0. The van der Waals surface area contributed by atoms with E-state index in [-0.39, 0.29) is 46.7 Å². The van der Waals surface area contributed by atoms with Crippen molar-refractivity contribution in [1.82, 2.24) is 24.3 Å². The van der Waals surface area contributed by atoms with Crippen LogP contribution in [0.5, 0.6) is 0 Å². The first-order valence-electron chi connectivity index (χ1n) is 28.6. The van der Waals surface area contributed by atoms with Gasteiger partial charge in [-0.1, -0.05) is 71.3 Å². The van der Waals surface area contributed by atoms with Crippen LogP contribution in [0.4, 0.5) is 84.2 Å². The van der Waals surface area contributed by atoms with E-state index in [0.29, 0.717) is 69.3 Å². The van der Waals surface area contributed by atoms with Crippen molar-refractivity contribution < 1.29 is 141 Å². The summed E-state index contributed by atoms with van der Waals surface area (Å²) in [7, 11) is 0. The number of alkyl halides is 17. The number of alkyl carbamates (subject to hydrolysis) is 2. The second-order valence-electron chi connectivity index (χ2n) is 21.1. The van der Waals surface area contributed by atoms with Crippen molar-refractivity contribution >= 4 is 59.6 Å². The van der Waals surface area contributed by atoms with Gasteiger partial charge in [-0.25, -0.2) is 66.3 Å². The fraction of sp³-hybridized carbons (Fsp3) is 0.691. The smallest absolute Gasteiger partial charge is 0.460 e. The molecule has 0 aromatic carbocycles. The summed E-state index contributed by atoms with van der Waals surface area (Å²) in [4.78, 5) is 112. The molecule has 550 valence electrons. The molecule has 22 nitrogen and oxygen atoms in total. The predicted octanol–water partition coefficient (Wildman–Crippen LogP) is 10.5. The maximum Gasteiger partial charge on any atom is 0.462 e. The Morgan fingerprint density at radius 2 is 0.677 bits per heavy atom. The summed E-state index contributed by atoms with van der Waals surface area (Å²) in [6.07, 6.45) is -31.4. The number of thioether (sulfide) groups is 2. The molecule has 1 heterocycles. The molecule has 0 saturated heterocycles. The first-order chi connectivity index (χ1) is 44.3. The predicted molar refractivity (Wildman–Crippen MR) is 307 cm³/mol. The van der Waals surface area contributed by atoms with Gasteiger partial charge in [0.25, 0.3) is 0 Å². The molecule has 0 fully saturated rings. The summed E-state index contributed by atoms with van der Waals surface area (Å²) in [5.41, 5.74) is -8.67. The molecule has 0 spiro atoms. The summed E-state index contributed by atoms with van der Waals surface area (Å²) in [6, 6.07) is 0. The van der Waals surface area contributed by atoms with Gasteiger partial charge in [-0.3, -0.25) is 0 Å². The zero-order valence-corrected chi connectivity index (χ0v) is 53.2. The lowest BCUT2D eigenvalue weighted by molar-refractivity contribution is -0.542. The van der Waals surface area contributed by atoms with Crippen LogP contribution >= 0.6 is 23.5 Å². The standard InChI is InChI=1S/C55H72F17N5O17S2/c1-7-37(78)89-33-46(5,34-90-38(79)8-2)73-41(82)87-26-18-14-12-11-13-16-20-28-95-30-22-24-75-43(84)76(25-23-31-96-29-21-17-15-19-27-88-42(83)74-47(6,35-91-39(80)9-3)36-92-40(81)10-4)45(86)77(44(75)85)32-48(56,57)52(65,66)93-54(69,70)50(60,61)55(71,72)94-53(67,68)49(58,59)51(62,63)64/h7-10H,1-4,11-36H2,5-6H3,(H,73,82)(H,74,83). The number of rotatable bonds is 49. The highest BCUT2D eigenvalue weighted by Gasteiger charge is 2.84. The normalized spacial score (nSPS) is 12.9. The molecule has 0 unspecified atom stereocenters. The summed E-state index contributed by atoms with van der Waals surface area (Å²) in [5.74, 6) is -25.1. The van der Waals surface area contributed by atoms with Crippen molar-refractivity contribution in [3.63, 3.8) is 0 Å². The van der Waals surface area contributed by atoms with Gasteiger partial charge in [-0.15, -0.1) is 0 Å². The fourth-order valence-corrected chi connectivity index (χ4v) is 9.29. The molecule has 0 bridgehead atoms. The molecule has 1 rings (SSSR count). The Bertz CT molecular complexity index is 2900. The van der Waals surface area contributed by atoms with E-state index >= 15 is 8.78 Å². The van der Waals surface area contributed by atoms with Crippen LogP contribution in [-0.4, -0.2) is 172 Å². The van der Waals surface area contributed by atoms with Gasteiger partial charge in [-0.2, -0.15) is 98.2 Å². The molecule has 0 radical (unpaired) electrons. The van der Waals surface area contributed by atoms with Gasteiger partial charge in [0, 0.05) is 37.4 Å². The number of hydrogen-bond acceptors (Lipinski definition) is 19. The number of ether oxygens (including phenoxy) is 8. The first-order valence-corrected chi connectivity index (χ1v) is 30.9. The van der Waals surface area contributed by atoms with Gasteiger partial charge in [0.05, 0.1) is 13.2 Å². The number of nitrogens with one attached hydrogen (secondary N) is 2. The molecule has 0 atom stereocenters. The van der Waals surface area contributed by atoms with Crippen LogP contribution in [0, 0.1) is 0 Å². The minimum Gasteiger partial charge on any atom is -0.460 e. The van der Waals surface area contributed by atoms with Gasteiger partial charge >= 0.3 is 102 Å². The number of aromatic nitrogens is 3. The topological polar surface area (TPSA) is 266 Å². The molecule has 0 aliphatic heterocycles. The van der Waals surface area contributed by atoms with E-state index in [0.717, 1.165) is 37.1 Å². The Morgan fingerprint density at radius 1 is 0.396 bits per heavy atom. The molecule has 41 heteroatoms. The summed E-state index contributed by atoms with van der Waals surface area (Å²) >= 11 is 2.41. The SMILES string of the molecule is C=CC(=O)OCC(C)(COC(=O)C=C)NC(=O)OCCCCCCCCCSCCCn1c(=O)n(CCCSCCCCCCOC(=O)NC(C)(COC(=O)C=C)COC(=O)C=C)c(=O)n(CC(F)(F)C(F)(F)OC(F)(F)C(F)(F)C(F)(F)OC(F)(F)C(F)(F)C(F)(F)F)c1=O. The lowest BCUT2D eigenvalue weighted by Crippen LogP contribution is -2.65. The monoisotopic (exact) mass is 1460 g/mol. The maximum absolute atomic E-state index is 15.3. The number of halogens is 17. The fourth-order valence-electron chi connectivity index (χ4n) is 7.40. The first kappa shape index (κ1) is 87.2. The van der Waals surface area contributed by atoms with Gasteiger partial charge in [0.1, 0.15) is 44.1 Å². The zero-order valence-electron chi connectivity index (χ0n) is 51.5. The van der Waals surface area contributed by atoms with E-state index in [9.17, 15) is 109 Å². The van der Waals surface area contributed by atoms with Crippen LogP contribution in [0.3, 0.4) is 0 Å². The molecule has 0 saturated carbocycles. The van der Waals surface area contributed by atoms with E-state index in [1.165, 1.54) is 42.1 Å². The minimum atomic E-state index is -8.24. The highest BCUT2D eigenvalue weighted by atomic mass is 32.2. The van der Waals surface area contributed by atoms with Gasteiger partial charge in [0.2, 0.25) is 0 Å². The van der Waals surface area contributed by atoms with Crippen LogP contribution in [0.25, 0.3) is 0 Å². The van der Waals surface area contributed by atoms with Gasteiger partial charge in [0.15, 0.2) is 0 Å². The van der Waals surface area contributed by atoms with E-state index in [1.807, 2.05) is 4.74 Å². The molecule has 96 heavy (non-hydrogen) atoms. The number of hydrogen-bond donors (Lipinski definition) is 2. The molecule has 0 aliphatic rings. The Morgan fingerprint density at radius 3 is 1.00 bits per heavy atom. The van der Waals surface area contributed by atoms with Gasteiger partial charge < -0.3 is 39.1 Å². The number of amides is 2. The number of unbranched alkanes of at least 4 members (excludes halogenated alkanes) is 9. The van der Waals surface area contributed by atoms with Crippen molar-refractivity contribution in [2.24, 2.45) is 0 Å². The Kier molecular flexibility index (Phi) is 35.4. The molecule has 2 N–H and O–H groups in total. The highest BCUT2D eigenvalue weighted by molar-refractivity contribution is 7.99. The third-order valence-corrected chi connectivity index (χ3v) is 15.0. The highest BCUT2D eigenvalue weighted by Crippen LogP contribution is 2.55. The average Bonchev–Trinajstić information content (AvgIpc) is 0.738. The Labute approximate surface area is 544 Å². The number of carbonyl (C=O) groups is 6. The van der Waals surface area contributed by atoms with E-state index in [2.05, 4.69) is 36.9 Å². The number of esters is 4. The molecule has 1 aromatic heterocycles. The van der Waals surface area contributed by atoms with E-state index in [1.54, 1.807) is 0 Å². The largest absolute Gasteiger partial charge is 0.462 e. The lowest BCUT2D eigenvalue weighted by atomic mass is 10.1. The van der Waals surface area contributed by atoms with Crippen molar-refractivity contribution in [2.75, 3.05) is 62.7 Å². The third-order valence-electron chi connectivity index (χ3n) is 12.7. The molecule has 1 aromatic rings. The lowest BCUT2D eigenvalue weighted by Gasteiger charge is -2.37.